The number of aryl methyl sites for hydroxylation is 1. The molecule has 0 spiro atoms. The van der Waals surface area contributed by atoms with E-state index in [1.807, 2.05) is 19.1 Å². The molecule has 0 amide bonds. The Bertz CT molecular complexity index is 580. The largest absolute Gasteiger partial charge is 0.248 e. The average molecular weight is 466 g/mol. The third-order valence-electron chi connectivity index (χ3n) is 2.42. The molecule has 0 aromatic carbocycles. The van der Waals surface area contributed by atoms with Crippen molar-refractivity contribution in [2.45, 2.75) is 33.1 Å². The topological polar surface area (TPSA) is 38.7 Å². The second kappa shape index (κ2) is 7.61. The van der Waals surface area contributed by atoms with E-state index in [4.69, 9.17) is 0 Å². The van der Waals surface area contributed by atoms with Crippen LogP contribution >= 0.6 is 47.8 Å². The van der Waals surface area contributed by atoms with E-state index in [1.165, 1.54) is 5.56 Å². The van der Waals surface area contributed by atoms with Gasteiger partial charge in [-0.2, -0.15) is 0 Å². The predicted molar refractivity (Wildman–Crippen MR) is 92.8 cm³/mol. The molecular weight excluding hydrogens is 450 g/mol. The molecule has 0 fully saturated rings. The van der Waals surface area contributed by atoms with E-state index in [9.17, 15) is 0 Å². The summed E-state index contributed by atoms with van der Waals surface area (Å²) in [7, 11) is 0. The van der Waals surface area contributed by atoms with E-state index >= 15 is 0 Å². The van der Waals surface area contributed by atoms with Crippen molar-refractivity contribution >= 4 is 47.8 Å². The van der Waals surface area contributed by atoms with Gasteiger partial charge in [0.25, 0.3) is 0 Å². The first kappa shape index (κ1) is 17.7. The molecule has 0 unspecified atom stereocenters. The molecule has 108 valence electrons. The molecule has 3 nitrogen and oxygen atoms in total. The Hall–Kier alpha value is -0.330. The van der Waals surface area contributed by atoms with Gasteiger partial charge in [-0.3, -0.25) is 0 Å². The van der Waals surface area contributed by atoms with Crippen molar-refractivity contribution in [2.75, 3.05) is 0 Å². The summed E-state index contributed by atoms with van der Waals surface area (Å²) in [6.07, 6.45) is 3.35. The lowest BCUT2D eigenvalue weighted by Gasteiger charge is -2.16. The van der Waals surface area contributed by atoms with Crippen molar-refractivity contribution < 1.29 is 0 Å². The van der Waals surface area contributed by atoms with Crippen LogP contribution in [0.5, 0.6) is 0 Å². The lowest BCUT2D eigenvalue weighted by Crippen LogP contribution is -2.13. The van der Waals surface area contributed by atoms with Crippen LogP contribution in [0.15, 0.2) is 38.3 Å². The number of hydrogen-bond donors (Lipinski definition) is 0. The fourth-order valence-electron chi connectivity index (χ4n) is 1.25. The molecule has 0 aliphatic carbocycles. The lowest BCUT2D eigenvalue weighted by atomic mass is 9.92. The Morgan fingerprint density at radius 3 is 1.90 bits per heavy atom. The van der Waals surface area contributed by atoms with E-state index in [2.05, 4.69) is 83.5 Å². The molecule has 2 heterocycles. The maximum Gasteiger partial charge on any atom is 0.116 e. The molecule has 2 aromatic heterocycles. The third-order valence-corrected chi connectivity index (χ3v) is 4.11. The van der Waals surface area contributed by atoms with E-state index in [1.54, 1.807) is 12.5 Å². The summed E-state index contributed by atoms with van der Waals surface area (Å²) in [6.45, 7) is 8.40. The van der Waals surface area contributed by atoms with E-state index in [0.717, 1.165) is 19.4 Å². The van der Waals surface area contributed by atoms with Gasteiger partial charge in [0.15, 0.2) is 0 Å². The summed E-state index contributed by atoms with van der Waals surface area (Å²) in [5, 5.41) is 0. The van der Waals surface area contributed by atoms with Gasteiger partial charge in [-0.15, -0.1) is 0 Å². The van der Waals surface area contributed by atoms with Crippen molar-refractivity contribution in [3.05, 3.63) is 49.6 Å². The Morgan fingerprint density at radius 1 is 0.900 bits per heavy atom. The first-order valence-electron chi connectivity index (χ1n) is 5.96. The average Bonchev–Trinajstić information content (AvgIpc) is 2.34. The lowest BCUT2D eigenvalue weighted by molar-refractivity contribution is 0.566. The molecular formula is C14H16Br3N3. The minimum absolute atomic E-state index is 0.103. The van der Waals surface area contributed by atoms with E-state index < -0.39 is 0 Å². The smallest absolute Gasteiger partial charge is 0.116 e. The summed E-state index contributed by atoms with van der Waals surface area (Å²) in [5.41, 5.74) is 2.35. The maximum absolute atomic E-state index is 4.17. The number of nitrogens with zero attached hydrogens (tertiary/aromatic N) is 3. The van der Waals surface area contributed by atoms with Crippen molar-refractivity contribution in [1.82, 2.24) is 15.0 Å². The molecule has 2 aromatic rings. The SMILES string of the molecule is CC(C)(C)c1cc(Br)ncn1.Cc1cc(Br)ncc1Br. The van der Waals surface area contributed by atoms with Gasteiger partial charge < -0.3 is 0 Å². The number of halogens is 3. The van der Waals surface area contributed by atoms with E-state index in [-0.39, 0.29) is 5.41 Å². The fraction of sp³-hybridized carbons (Fsp3) is 0.357. The van der Waals surface area contributed by atoms with Crippen LogP contribution in [0.3, 0.4) is 0 Å². The molecule has 0 aliphatic rings. The molecule has 0 saturated carbocycles. The number of aromatic nitrogens is 3. The summed E-state index contributed by atoms with van der Waals surface area (Å²) in [5.74, 6) is 0. The highest BCUT2D eigenvalue weighted by atomic mass is 79.9. The van der Waals surface area contributed by atoms with Gasteiger partial charge in [0.05, 0.1) is 5.69 Å². The maximum atomic E-state index is 4.17. The number of pyridine rings is 1. The molecule has 6 heteroatoms. The molecule has 0 saturated heterocycles. The van der Waals surface area contributed by atoms with Gasteiger partial charge in [0.1, 0.15) is 15.5 Å². The van der Waals surface area contributed by atoms with Crippen LogP contribution in [0.4, 0.5) is 0 Å². The Morgan fingerprint density at radius 2 is 1.50 bits per heavy atom. The zero-order chi connectivity index (χ0) is 15.3. The van der Waals surface area contributed by atoms with Crippen LogP contribution in [-0.2, 0) is 5.41 Å². The van der Waals surface area contributed by atoms with Gasteiger partial charge in [-0.1, -0.05) is 20.8 Å². The zero-order valence-electron chi connectivity index (χ0n) is 11.8. The van der Waals surface area contributed by atoms with Gasteiger partial charge in [0.2, 0.25) is 0 Å². The van der Waals surface area contributed by atoms with Crippen LogP contribution in [0.2, 0.25) is 0 Å². The van der Waals surface area contributed by atoms with Crippen LogP contribution in [-0.4, -0.2) is 15.0 Å². The second-order valence-electron chi connectivity index (χ2n) is 5.23. The fourth-order valence-corrected chi connectivity index (χ4v) is 2.22. The molecule has 0 aliphatic heterocycles. The van der Waals surface area contributed by atoms with Gasteiger partial charge in [0, 0.05) is 16.1 Å². The normalized spacial score (nSPS) is 10.8. The van der Waals surface area contributed by atoms with Gasteiger partial charge in [-0.05, 0) is 72.4 Å². The zero-order valence-corrected chi connectivity index (χ0v) is 16.5. The van der Waals surface area contributed by atoms with Crippen LogP contribution < -0.4 is 0 Å². The number of hydrogen-bond acceptors (Lipinski definition) is 3. The van der Waals surface area contributed by atoms with Crippen molar-refractivity contribution in [3.8, 4) is 0 Å². The van der Waals surface area contributed by atoms with Gasteiger partial charge in [-0.25, -0.2) is 15.0 Å². The van der Waals surface area contributed by atoms with E-state index in [0.29, 0.717) is 0 Å². The summed E-state index contributed by atoms with van der Waals surface area (Å²) in [6, 6.07) is 3.91. The van der Waals surface area contributed by atoms with Crippen molar-refractivity contribution in [1.29, 1.82) is 0 Å². The highest BCUT2D eigenvalue weighted by Crippen LogP contribution is 2.21. The third kappa shape index (κ3) is 5.97. The molecule has 20 heavy (non-hydrogen) atoms. The van der Waals surface area contributed by atoms with Crippen LogP contribution in [0, 0.1) is 6.92 Å². The highest BCUT2D eigenvalue weighted by molar-refractivity contribution is 9.11. The summed E-state index contributed by atoms with van der Waals surface area (Å²) < 4.78 is 2.77. The summed E-state index contributed by atoms with van der Waals surface area (Å²) >= 11 is 9.91. The minimum atomic E-state index is 0.103. The van der Waals surface area contributed by atoms with Crippen LogP contribution in [0.25, 0.3) is 0 Å². The molecule has 0 bridgehead atoms. The first-order chi connectivity index (χ1) is 9.20. The second-order valence-corrected chi connectivity index (χ2v) is 7.71. The highest BCUT2D eigenvalue weighted by Gasteiger charge is 2.15. The first-order valence-corrected chi connectivity index (χ1v) is 8.33. The minimum Gasteiger partial charge on any atom is -0.248 e. The Kier molecular flexibility index (Phi) is 6.75. The standard InChI is InChI=1S/C8H11BrN2.C6H5Br2N/c1-8(2,3)6-4-7(9)11-5-10-6;1-4-2-6(8)9-3-5(4)7/h4-5H,1-3H3;2-3H,1H3. The van der Waals surface area contributed by atoms with Crippen LogP contribution in [0.1, 0.15) is 32.0 Å². The molecule has 0 N–H and O–H groups in total. The molecule has 0 atom stereocenters. The Balaban J connectivity index is 0.000000204. The van der Waals surface area contributed by atoms with Gasteiger partial charge >= 0.3 is 0 Å². The molecule has 0 radical (unpaired) electrons. The summed E-state index contributed by atoms with van der Waals surface area (Å²) in [4.78, 5) is 12.1. The van der Waals surface area contributed by atoms with Crippen molar-refractivity contribution in [2.24, 2.45) is 0 Å². The monoisotopic (exact) mass is 463 g/mol. The number of rotatable bonds is 0. The molecule has 2 rings (SSSR count). The quantitative estimate of drug-likeness (QED) is 0.383. The Labute approximate surface area is 145 Å². The predicted octanol–water partition coefficient (Wildman–Crippen LogP) is 5.45. The van der Waals surface area contributed by atoms with Crippen molar-refractivity contribution in [3.63, 3.8) is 0 Å².